The highest BCUT2D eigenvalue weighted by Gasteiger charge is 2.69. The van der Waals surface area contributed by atoms with Crippen LogP contribution in [0.4, 0.5) is 0 Å². The Hall–Kier alpha value is -3.15. The molecule has 11 heteroatoms. The predicted octanol–water partition coefficient (Wildman–Crippen LogP) is 0.498. The molecule has 0 bridgehead atoms. The third kappa shape index (κ3) is 4.44. The van der Waals surface area contributed by atoms with E-state index in [0.29, 0.717) is 23.4 Å². The molecule has 40 heavy (non-hydrogen) atoms. The van der Waals surface area contributed by atoms with Crippen LogP contribution in [0.5, 0.6) is 11.5 Å². The summed E-state index contributed by atoms with van der Waals surface area (Å²) in [6.45, 7) is 6.27. The summed E-state index contributed by atoms with van der Waals surface area (Å²) in [7, 11) is 4.60. The van der Waals surface area contributed by atoms with Crippen LogP contribution in [0.1, 0.15) is 54.6 Å². The van der Waals surface area contributed by atoms with Gasteiger partial charge in [-0.1, -0.05) is 20.3 Å². The van der Waals surface area contributed by atoms with Gasteiger partial charge in [-0.05, 0) is 58.4 Å². The zero-order chi connectivity index (χ0) is 29.7. The summed E-state index contributed by atoms with van der Waals surface area (Å²) in [6, 6.07) is 0.338. The highest BCUT2D eigenvalue weighted by molar-refractivity contribution is 6.32. The molecule has 11 nitrogen and oxygen atoms in total. The van der Waals surface area contributed by atoms with Gasteiger partial charge in [-0.25, -0.2) is 0 Å². The van der Waals surface area contributed by atoms with Gasteiger partial charge in [0.05, 0.1) is 24.6 Å². The number of amides is 1. The number of hydrogen-bond acceptors (Lipinski definition) is 10. The van der Waals surface area contributed by atoms with Crippen molar-refractivity contribution >= 4 is 29.0 Å². The van der Waals surface area contributed by atoms with Crippen LogP contribution in [0, 0.1) is 23.7 Å². The third-order valence-electron chi connectivity index (χ3n) is 8.96. The second kappa shape index (κ2) is 11.0. The molecular weight excluding hydrogens is 518 g/mol. The number of benzene rings is 1. The standard InChI is InChI=1S/C29H39N3O8/c1-6-8-9-32(7-2)13-15-12-18(33)20-16(25(15)40-5)10-14-11-17-22(31(3)4)24(35)21(28(30)38)27(37)29(17,39)26(36)19(14)23(20)34/h12,14,17,19,21-22,33,39H,6-11,13H2,1-5H3,(H2,30,38)/t14-,17-,19?,21?,22-,29-/m0/s1. The van der Waals surface area contributed by atoms with E-state index in [2.05, 4.69) is 11.8 Å². The number of unbranched alkanes of at least 4 members (excludes halogenated alkanes) is 1. The largest absolute Gasteiger partial charge is 0.507 e. The molecule has 2 fully saturated rings. The number of carbonyl (C=O) groups excluding carboxylic acids is 5. The van der Waals surface area contributed by atoms with E-state index in [1.165, 1.54) is 18.1 Å². The Morgan fingerprint density at radius 1 is 1.18 bits per heavy atom. The van der Waals surface area contributed by atoms with E-state index in [1.54, 1.807) is 14.1 Å². The summed E-state index contributed by atoms with van der Waals surface area (Å²) < 4.78 is 5.77. The summed E-state index contributed by atoms with van der Waals surface area (Å²) >= 11 is 0. The molecule has 218 valence electrons. The second-order valence-corrected chi connectivity index (χ2v) is 11.5. The molecule has 0 aliphatic heterocycles. The van der Waals surface area contributed by atoms with Gasteiger partial charge in [-0.3, -0.25) is 33.8 Å². The van der Waals surface area contributed by atoms with E-state index < -0.39 is 64.4 Å². The SMILES string of the molecule is CCCCN(CC)Cc1cc(O)c2c(c1OC)C[C@H]1C[C@H]3[C@H](N(C)C)C(=O)C(C(N)=O)C(=O)[C@@]3(O)C(=O)C1C2=O. The Balaban J connectivity index is 1.81. The number of carbonyl (C=O) groups is 5. The number of phenolic OH excluding ortho intramolecular Hbond substituents is 1. The van der Waals surface area contributed by atoms with Gasteiger partial charge in [0.2, 0.25) is 5.91 Å². The summed E-state index contributed by atoms with van der Waals surface area (Å²) in [5, 5.41) is 22.7. The fraction of sp³-hybridized carbons (Fsp3) is 0.621. The van der Waals surface area contributed by atoms with Crippen molar-refractivity contribution in [2.45, 2.75) is 57.7 Å². The van der Waals surface area contributed by atoms with Gasteiger partial charge < -0.3 is 20.7 Å². The fourth-order valence-electron chi connectivity index (χ4n) is 7.06. The Morgan fingerprint density at radius 2 is 1.85 bits per heavy atom. The fourth-order valence-corrected chi connectivity index (χ4v) is 7.06. The lowest BCUT2D eigenvalue weighted by Gasteiger charge is -2.52. The smallest absolute Gasteiger partial charge is 0.235 e. The van der Waals surface area contributed by atoms with E-state index in [4.69, 9.17) is 10.5 Å². The molecule has 0 radical (unpaired) electrons. The zero-order valence-corrected chi connectivity index (χ0v) is 23.7. The van der Waals surface area contributed by atoms with E-state index in [1.807, 2.05) is 6.92 Å². The molecule has 0 spiro atoms. The number of nitrogens with zero attached hydrogens (tertiary/aromatic N) is 2. The molecule has 1 aromatic rings. The van der Waals surface area contributed by atoms with Crippen molar-refractivity contribution in [1.29, 1.82) is 0 Å². The van der Waals surface area contributed by atoms with Gasteiger partial charge in [0, 0.05) is 23.6 Å². The molecule has 3 aliphatic rings. The number of rotatable bonds is 9. The Labute approximate surface area is 233 Å². The zero-order valence-electron chi connectivity index (χ0n) is 23.7. The van der Waals surface area contributed by atoms with Crippen molar-refractivity contribution in [3.05, 3.63) is 22.8 Å². The molecule has 1 aromatic carbocycles. The van der Waals surface area contributed by atoms with Crippen LogP contribution in [0.15, 0.2) is 6.07 Å². The summed E-state index contributed by atoms with van der Waals surface area (Å²) in [5.41, 5.74) is 3.73. The van der Waals surface area contributed by atoms with Gasteiger partial charge in [0.1, 0.15) is 11.5 Å². The highest BCUT2D eigenvalue weighted by Crippen LogP contribution is 2.52. The Morgan fingerprint density at radius 3 is 2.40 bits per heavy atom. The highest BCUT2D eigenvalue weighted by atomic mass is 16.5. The minimum Gasteiger partial charge on any atom is -0.507 e. The maximum atomic E-state index is 13.9. The predicted molar refractivity (Wildman–Crippen MR) is 144 cm³/mol. The van der Waals surface area contributed by atoms with Crippen molar-refractivity contribution in [3.63, 3.8) is 0 Å². The Kier molecular flexibility index (Phi) is 8.22. The number of likely N-dealkylation sites (N-methyl/N-ethyl adjacent to an activating group) is 1. The quantitative estimate of drug-likeness (QED) is 0.364. The number of fused-ring (bicyclic) bond motifs is 3. The molecule has 2 saturated carbocycles. The molecule has 1 amide bonds. The van der Waals surface area contributed by atoms with Crippen LogP contribution in [-0.4, -0.2) is 95.0 Å². The third-order valence-corrected chi connectivity index (χ3v) is 8.96. The van der Waals surface area contributed by atoms with E-state index >= 15 is 0 Å². The number of phenols is 1. The first kappa shape index (κ1) is 29.8. The van der Waals surface area contributed by atoms with Crippen LogP contribution in [0.2, 0.25) is 0 Å². The summed E-state index contributed by atoms with van der Waals surface area (Å²) in [4.78, 5) is 70.1. The van der Waals surface area contributed by atoms with Crippen LogP contribution in [0.3, 0.4) is 0 Å². The summed E-state index contributed by atoms with van der Waals surface area (Å²) in [6.07, 6.45) is 2.19. The number of hydrogen-bond donors (Lipinski definition) is 3. The van der Waals surface area contributed by atoms with Crippen LogP contribution < -0.4 is 10.5 Å². The number of aliphatic hydroxyl groups is 1. The lowest BCUT2D eigenvalue weighted by atomic mass is 9.52. The van der Waals surface area contributed by atoms with Crippen molar-refractivity contribution in [1.82, 2.24) is 9.80 Å². The first-order chi connectivity index (χ1) is 18.8. The Bertz CT molecular complexity index is 1260. The van der Waals surface area contributed by atoms with E-state index in [-0.39, 0.29) is 24.2 Å². The molecule has 4 rings (SSSR count). The number of ether oxygens (including phenoxy) is 1. The number of primary amides is 1. The van der Waals surface area contributed by atoms with E-state index in [0.717, 1.165) is 25.9 Å². The molecule has 0 saturated heterocycles. The van der Waals surface area contributed by atoms with E-state index in [9.17, 15) is 34.2 Å². The van der Waals surface area contributed by atoms with Crippen molar-refractivity contribution in [2.24, 2.45) is 29.4 Å². The van der Waals surface area contributed by atoms with Gasteiger partial charge in [0.25, 0.3) is 0 Å². The lowest BCUT2D eigenvalue weighted by molar-refractivity contribution is -0.181. The molecule has 4 N–H and O–H groups in total. The maximum Gasteiger partial charge on any atom is 0.235 e. The minimum absolute atomic E-state index is 0.00434. The maximum absolute atomic E-state index is 13.9. The second-order valence-electron chi connectivity index (χ2n) is 11.5. The number of methoxy groups -OCH3 is 1. The average molecular weight is 558 g/mol. The number of Topliss-reactive ketones (excluding diaryl/α,β-unsaturated/α-hetero) is 4. The average Bonchev–Trinajstić information content (AvgIpc) is 2.88. The molecule has 0 aromatic heterocycles. The number of ketones is 4. The molecule has 2 unspecified atom stereocenters. The lowest BCUT2D eigenvalue weighted by Crippen LogP contribution is -2.74. The first-order valence-corrected chi connectivity index (χ1v) is 13.8. The molecule has 3 aliphatic carbocycles. The normalized spacial score (nSPS) is 29.9. The van der Waals surface area contributed by atoms with Crippen LogP contribution in [0.25, 0.3) is 0 Å². The first-order valence-electron chi connectivity index (χ1n) is 13.8. The van der Waals surface area contributed by atoms with Gasteiger partial charge >= 0.3 is 0 Å². The topological polar surface area (TPSA) is 168 Å². The van der Waals surface area contributed by atoms with Crippen LogP contribution in [-0.2, 0) is 32.1 Å². The van der Waals surface area contributed by atoms with Gasteiger partial charge in [-0.2, -0.15) is 0 Å². The van der Waals surface area contributed by atoms with Gasteiger partial charge in [-0.15, -0.1) is 0 Å². The number of nitrogens with two attached hydrogens (primary N) is 1. The molecule has 0 heterocycles. The minimum atomic E-state index is -2.74. The van der Waals surface area contributed by atoms with Gasteiger partial charge in [0.15, 0.2) is 34.7 Å². The number of aromatic hydroxyl groups is 1. The van der Waals surface area contributed by atoms with Crippen molar-refractivity contribution in [2.75, 3.05) is 34.3 Å². The van der Waals surface area contributed by atoms with Crippen LogP contribution >= 0.6 is 0 Å². The monoisotopic (exact) mass is 557 g/mol. The molecule has 6 atom stereocenters. The van der Waals surface area contributed by atoms with Crippen molar-refractivity contribution in [3.8, 4) is 11.5 Å². The van der Waals surface area contributed by atoms with Crippen molar-refractivity contribution < 1.29 is 38.9 Å². The molecular formula is C29H39N3O8. The summed E-state index contributed by atoms with van der Waals surface area (Å²) in [5.74, 6) is -10.2.